The van der Waals surface area contributed by atoms with Crippen LogP contribution in [-0.2, 0) is 19.5 Å². The smallest absolute Gasteiger partial charge is 0.164 e. The van der Waals surface area contributed by atoms with Crippen LogP contribution in [-0.4, -0.2) is 20.8 Å². The van der Waals surface area contributed by atoms with Gasteiger partial charge >= 0.3 is 0 Å². The maximum atomic E-state index is 4.43. The van der Waals surface area contributed by atoms with Crippen molar-refractivity contribution in [2.24, 2.45) is 0 Å². The zero-order valence-corrected chi connectivity index (χ0v) is 11.1. The SMILES string of the molecule is CC(C)NCc1ncn(CCc2ccsc2)n1. The lowest BCUT2D eigenvalue weighted by molar-refractivity contribution is 0.556. The Morgan fingerprint density at radius 3 is 3.06 bits per heavy atom. The lowest BCUT2D eigenvalue weighted by atomic mass is 10.2. The molecule has 0 aliphatic carbocycles. The number of aromatic nitrogens is 3. The number of hydrogen-bond donors (Lipinski definition) is 1. The lowest BCUT2D eigenvalue weighted by Gasteiger charge is -2.04. The predicted octanol–water partition coefficient (Wildman–Crippen LogP) is 2.08. The molecular formula is C12H18N4S. The van der Waals surface area contributed by atoms with E-state index in [2.05, 4.69) is 46.1 Å². The van der Waals surface area contributed by atoms with E-state index in [1.54, 1.807) is 11.3 Å². The first-order valence-corrected chi connectivity index (χ1v) is 6.81. The molecule has 2 aromatic heterocycles. The molecule has 0 aliphatic rings. The molecule has 17 heavy (non-hydrogen) atoms. The highest BCUT2D eigenvalue weighted by Gasteiger charge is 2.02. The summed E-state index contributed by atoms with van der Waals surface area (Å²) in [7, 11) is 0. The summed E-state index contributed by atoms with van der Waals surface area (Å²) in [6, 6.07) is 2.62. The van der Waals surface area contributed by atoms with E-state index in [0.717, 1.165) is 25.3 Å². The molecule has 0 saturated heterocycles. The Kier molecular flexibility index (Phi) is 4.28. The van der Waals surface area contributed by atoms with E-state index in [1.807, 2.05) is 11.0 Å². The van der Waals surface area contributed by atoms with Crippen LogP contribution in [0.2, 0.25) is 0 Å². The fourth-order valence-corrected chi connectivity index (χ4v) is 2.20. The number of aryl methyl sites for hydroxylation is 2. The highest BCUT2D eigenvalue weighted by molar-refractivity contribution is 7.07. The number of rotatable bonds is 6. The van der Waals surface area contributed by atoms with E-state index < -0.39 is 0 Å². The molecule has 0 spiro atoms. The molecule has 0 unspecified atom stereocenters. The first kappa shape index (κ1) is 12.3. The van der Waals surface area contributed by atoms with E-state index in [1.165, 1.54) is 5.56 Å². The topological polar surface area (TPSA) is 42.7 Å². The van der Waals surface area contributed by atoms with Gasteiger partial charge in [0.15, 0.2) is 5.82 Å². The second kappa shape index (κ2) is 5.93. The molecule has 2 aromatic rings. The van der Waals surface area contributed by atoms with E-state index in [4.69, 9.17) is 0 Å². The molecule has 0 radical (unpaired) electrons. The van der Waals surface area contributed by atoms with E-state index in [9.17, 15) is 0 Å². The normalized spacial score (nSPS) is 11.2. The molecule has 0 bridgehead atoms. The van der Waals surface area contributed by atoms with Crippen molar-refractivity contribution in [1.29, 1.82) is 0 Å². The first-order valence-electron chi connectivity index (χ1n) is 5.87. The highest BCUT2D eigenvalue weighted by atomic mass is 32.1. The molecule has 0 aliphatic heterocycles. The average molecular weight is 250 g/mol. The third kappa shape index (κ3) is 3.94. The summed E-state index contributed by atoms with van der Waals surface area (Å²) in [5.41, 5.74) is 1.37. The van der Waals surface area contributed by atoms with Gasteiger partial charge in [-0.15, -0.1) is 0 Å². The molecule has 0 fully saturated rings. The quantitative estimate of drug-likeness (QED) is 0.853. The Bertz CT molecular complexity index is 433. The van der Waals surface area contributed by atoms with Gasteiger partial charge in [-0.1, -0.05) is 13.8 Å². The van der Waals surface area contributed by atoms with Gasteiger partial charge in [0.25, 0.3) is 0 Å². The van der Waals surface area contributed by atoms with Crippen molar-refractivity contribution in [2.75, 3.05) is 0 Å². The fraction of sp³-hybridized carbons (Fsp3) is 0.500. The predicted molar refractivity (Wildman–Crippen MR) is 70.0 cm³/mol. The molecule has 5 heteroatoms. The van der Waals surface area contributed by atoms with Crippen molar-refractivity contribution in [3.8, 4) is 0 Å². The largest absolute Gasteiger partial charge is 0.308 e. The highest BCUT2D eigenvalue weighted by Crippen LogP contribution is 2.07. The van der Waals surface area contributed by atoms with Crippen LogP contribution in [0.5, 0.6) is 0 Å². The van der Waals surface area contributed by atoms with Gasteiger partial charge in [0.1, 0.15) is 6.33 Å². The monoisotopic (exact) mass is 250 g/mol. The van der Waals surface area contributed by atoms with Crippen molar-refractivity contribution >= 4 is 11.3 Å². The van der Waals surface area contributed by atoms with Gasteiger partial charge in [0, 0.05) is 12.6 Å². The Morgan fingerprint density at radius 1 is 1.47 bits per heavy atom. The minimum atomic E-state index is 0.466. The van der Waals surface area contributed by atoms with Crippen molar-refractivity contribution in [3.63, 3.8) is 0 Å². The first-order chi connectivity index (χ1) is 8.24. The summed E-state index contributed by atoms with van der Waals surface area (Å²) < 4.78 is 1.91. The summed E-state index contributed by atoms with van der Waals surface area (Å²) in [5, 5.41) is 12.0. The summed E-state index contributed by atoms with van der Waals surface area (Å²) in [5.74, 6) is 0.865. The Morgan fingerprint density at radius 2 is 2.35 bits per heavy atom. The molecule has 0 amide bonds. The summed E-state index contributed by atoms with van der Waals surface area (Å²) in [4.78, 5) is 4.28. The molecule has 1 N–H and O–H groups in total. The lowest BCUT2D eigenvalue weighted by Crippen LogP contribution is -2.22. The third-order valence-electron chi connectivity index (χ3n) is 2.46. The zero-order valence-electron chi connectivity index (χ0n) is 10.3. The Balaban J connectivity index is 1.81. The minimum absolute atomic E-state index is 0.466. The molecular weight excluding hydrogens is 232 g/mol. The van der Waals surface area contributed by atoms with Gasteiger partial charge in [-0.05, 0) is 28.8 Å². The van der Waals surface area contributed by atoms with Crippen LogP contribution < -0.4 is 5.32 Å². The molecule has 4 nitrogen and oxygen atoms in total. The summed E-state index contributed by atoms with van der Waals surface area (Å²) in [6.07, 6.45) is 2.83. The fourth-order valence-electron chi connectivity index (χ4n) is 1.50. The summed E-state index contributed by atoms with van der Waals surface area (Å²) >= 11 is 1.74. The van der Waals surface area contributed by atoms with Gasteiger partial charge in [0.2, 0.25) is 0 Å². The van der Waals surface area contributed by atoms with Gasteiger partial charge in [-0.25, -0.2) is 4.98 Å². The second-order valence-corrected chi connectivity index (χ2v) is 5.12. The molecule has 2 heterocycles. The molecule has 92 valence electrons. The van der Waals surface area contributed by atoms with Crippen molar-refractivity contribution in [2.45, 2.75) is 39.4 Å². The minimum Gasteiger partial charge on any atom is -0.308 e. The van der Waals surface area contributed by atoms with Crippen LogP contribution in [0.25, 0.3) is 0 Å². The van der Waals surface area contributed by atoms with Crippen LogP contribution >= 0.6 is 11.3 Å². The Labute approximate surface area is 106 Å². The van der Waals surface area contributed by atoms with Crippen LogP contribution in [0.15, 0.2) is 23.2 Å². The number of thiophene rings is 1. The maximum Gasteiger partial charge on any atom is 0.164 e. The molecule has 0 aromatic carbocycles. The third-order valence-corrected chi connectivity index (χ3v) is 3.19. The number of hydrogen-bond acceptors (Lipinski definition) is 4. The van der Waals surface area contributed by atoms with Crippen LogP contribution in [0, 0.1) is 0 Å². The molecule has 2 rings (SSSR count). The van der Waals surface area contributed by atoms with Crippen LogP contribution in [0.3, 0.4) is 0 Å². The maximum absolute atomic E-state index is 4.43. The van der Waals surface area contributed by atoms with Gasteiger partial charge in [0.05, 0.1) is 6.54 Å². The van der Waals surface area contributed by atoms with Crippen molar-refractivity contribution in [1.82, 2.24) is 20.1 Å². The van der Waals surface area contributed by atoms with E-state index >= 15 is 0 Å². The van der Waals surface area contributed by atoms with Gasteiger partial charge in [-0.3, -0.25) is 4.68 Å². The molecule has 0 atom stereocenters. The zero-order chi connectivity index (χ0) is 12.1. The van der Waals surface area contributed by atoms with E-state index in [0.29, 0.717) is 6.04 Å². The van der Waals surface area contributed by atoms with Gasteiger partial charge in [-0.2, -0.15) is 16.4 Å². The average Bonchev–Trinajstić information content (AvgIpc) is 2.95. The van der Waals surface area contributed by atoms with Crippen LogP contribution in [0.4, 0.5) is 0 Å². The number of nitrogens with zero attached hydrogens (tertiary/aromatic N) is 3. The number of nitrogens with one attached hydrogen (secondary N) is 1. The van der Waals surface area contributed by atoms with E-state index in [-0.39, 0.29) is 0 Å². The Hall–Kier alpha value is -1.20. The van der Waals surface area contributed by atoms with Gasteiger partial charge < -0.3 is 5.32 Å². The van der Waals surface area contributed by atoms with Crippen molar-refractivity contribution < 1.29 is 0 Å². The standard InChI is InChI=1S/C12H18N4S/c1-10(2)13-7-12-14-9-16(15-12)5-3-11-4-6-17-8-11/h4,6,8-10,13H,3,5,7H2,1-2H3. The van der Waals surface area contributed by atoms with Crippen LogP contribution in [0.1, 0.15) is 25.2 Å². The van der Waals surface area contributed by atoms with Crippen molar-refractivity contribution in [3.05, 3.63) is 34.5 Å². The second-order valence-electron chi connectivity index (χ2n) is 4.34. The summed E-state index contributed by atoms with van der Waals surface area (Å²) in [6.45, 7) is 5.87. The molecule has 0 saturated carbocycles.